The SMILES string of the molecule is C=CCNC(=S)N/N=C\c1c(C)c(C(=O)c2ccc(F)cc2)n2ccccc12. The van der Waals surface area contributed by atoms with Gasteiger partial charge in [-0.25, -0.2) is 4.39 Å². The van der Waals surface area contributed by atoms with Crippen LogP contribution >= 0.6 is 12.2 Å². The number of aromatic nitrogens is 1. The third kappa shape index (κ3) is 3.99. The van der Waals surface area contributed by atoms with E-state index in [0.29, 0.717) is 22.9 Å². The molecule has 2 N–H and O–H groups in total. The number of halogens is 1. The normalized spacial score (nSPS) is 10.9. The van der Waals surface area contributed by atoms with Crippen LogP contribution in [-0.4, -0.2) is 28.1 Å². The summed E-state index contributed by atoms with van der Waals surface area (Å²) in [5.74, 6) is -0.567. The van der Waals surface area contributed by atoms with Crippen LogP contribution in [0.3, 0.4) is 0 Å². The summed E-state index contributed by atoms with van der Waals surface area (Å²) in [7, 11) is 0. The molecule has 0 spiro atoms. The number of rotatable bonds is 6. The largest absolute Gasteiger partial charge is 0.358 e. The van der Waals surface area contributed by atoms with E-state index >= 15 is 0 Å². The van der Waals surface area contributed by atoms with Gasteiger partial charge in [0.25, 0.3) is 0 Å². The molecule has 0 saturated carbocycles. The van der Waals surface area contributed by atoms with Crippen molar-refractivity contribution >= 4 is 34.8 Å². The fourth-order valence-corrected chi connectivity index (χ4v) is 3.03. The highest BCUT2D eigenvalue weighted by Gasteiger charge is 2.20. The summed E-state index contributed by atoms with van der Waals surface area (Å²) < 4.78 is 15.0. The molecule has 0 aliphatic heterocycles. The fraction of sp³-hybridized carbons (Fsp3) is 0.0952. The van der Waals surface area contributed by atoms with E-state index < -0.39 is 0 Å². The maximum Gasteiger partial charge on any atom is 0.210 e. The van der Waals surface area contributed by atoms with E-state index in [1.807, 2.05) is 35.7 Å². The van der Waals surface area contributed by atoms with Gasteiger partial charge in [-0.1, -0.05) is 12.1 Å². The number of nitrogens with zero attached hydrogens (tertiary/aromatic N) is 2. The molecular weight excluding hydrogens is 375 g/mol. The third-order valence-corrected chi connectivity index (χ3v) is 4.46. The molecule has 5 nitrogen and oxygen atoms in total. The molecule has 0 unspecified atom stereocenters. The molecule has 0 fully saturated rings. The predicted octanol–water partition coefficient (Wildman–Crippen LogP) is 3.60. The molecule has 3 aromatic rings. The number of thiocarbonyl (C=S) groups is 1. The van der Waals surface area contributed by atoms with Crippen LogP contribution < -0.4 is 10.7 Å². The molecule has 0 atom stereocenters. The number of hydrazone groups is 1. The average Bonchev–Trinajstić information content (AvgIpc) is 2.98. The van der Waals surface area contributed by atoms with Gasteiger partial charge >= 0.3 is 0 Å². The van der Waals surface area contributed by atoms with Gasteiger partial charge in [0.2, 0.25) is 5.78 Å². The summed E-state index contributed by atoms with van der Waals surface area (Å²) in [4.78, 5) is 13.1. The Kier molecular flexibility index (Phi) is 5.96. The molecule has 142 valence electrons. The van der Waals surface area contributed by atoms with Crippen LogP contribution in [0.1, 0.15) is 27.2 Å². The zero-order valence-electron chi connectivity index (χ0n) is 15.3. The van der Waals surface area contributed by atoms with Crippen LogP contribution in [0.2, 0.25) is 0 Å². The molecular formula is C21H19FN4OS. The van der Waals surface area contributed by atoms with Crippen molar-refractivity contribution in [3.63, 3.8) is 0 Å². The van der Waals surface area contributed by atoms with Crippen LogP contribution in [0.15, 0.2) is 66.4 Å². The number of ketones is 1. The number of carbonyl (C=O) groups excluding carboxylic acids is 1. The number of carbonyl (C=O) groups is 1. The lowest BCUT2D eigenvalue weighted by Crippen LogP contribution is -2.31. The standard InChI is InChI=1S/C21H19FN4OS/c1-3-11-23-21(28)25-24-13-17-14(2)19(26-12-5-4-6-18(17)26)20(27)15-7-9-16(22)10-8-15/h3-10,12-13H,1,11H2,2H3,(H2,23,25,28)/b24-13-. The second-order valence-electron chi connectivity index (χ2n) is 6.05. The summed E-state index contributed by atoms with van der Waals surface area (Å²) in [5, 5.41) is 7.47. The van der Waals surface area contributed by atoms with Crippen LogP contribution in [0.4, 0.5) is 4.39 Å². The highest BCUT2D eigenvalue weighted by Crippen LogP contribution is 2.24. The van der Waals surface area contributed by atoms with Crippen molar-refractivity contribution in [3.8, 4) is 0 Å². The van der Waals surface area contributed by atoms with Gasteiger partial charge < -0.3 is 9.72 Å². The van der Waals surface area contributed by atoms with E-state index in [9.17, 15) is 9.18 Å². The molecule has 2 aromatic heterocycles. The fourth-order valence-electron chi connectivity index (χ4n) is 2.90. The van der Waals surface area contributed by atoms with Gasteiger partial charge in [-0.2, -0.15) is 5.10 Å². The first-order valence-corrected chi connectivity index (χ1v) is 9.01. The topological polar surface area (TPSA) is 57.9 Å². The summed E-state index contributed by atoms with van der Waals surface area (Å²) in [6.45, 7) is 6.01. The van der Waals surface area contributed by atoms with Crippen LogP contribution in [0.25, 0.3) is 5.52 Å². The van der Waals surface area contributed by atoms with Crippen LogP contribution in [-0.2, 0) is 0 Å². The zero-order chi connectivity index (χ0) is 20.1. The first kappa shape index (κ1) is 19.4. The Bertz CT molecular complexity index is 1070. The minimum atomic E-state index is -0.381. The smallest absolute Gasteiger partial charge is 0.210 e. The molecule has 0 aliphatic carbocycles. The molecule has 3 rings (SSSR count). The molecule has 0 amide bonds. The van der Waals surface area contributed by atoms with E-state index in [2.05, 4.69) is 22.4 Å². The van der Waals surface area contributed by atoms with Gasteiger partial charge in [-0.3, -0.25) is 10.2 Å². The number of pyridine rings is 1. The Labute approximate surface area is 167 Å². The quantitative estimate of drug-likeness (QED) is 0.221. The van der Waals surface area contributed by atoms with Crippen molar-refractivity contribution in [2.24, 2.45) is 5.10 Å². The lowest BCUT2D eigenvalue weighted by molar-refractivity contribution is 0.103. The number of fused-ring (bicyclic) bond motifs is 1. The summed E-state index contributed by atoms with van der Waals surface area (Å²) >= 11 is 5.11. The third-order valence-electron chi connectivity index (χ3n) is 4.22. The van der Waals surface area contributed by atoms with Gasteiger partial charge in [0.15, 0.2) is 5.11 Å². The lowest BCUT2D eigenvalue weighted by atomic mass is 10.0. The van der Waals surface area contributed by atoms with Crippen molar-refractivity contribution in [1.29, 1.82) is 0 Å². The maximum atomic E-state index is 13.2. The molecule has 0 saturated heterocycles. The van der Waals surface area contributed by atoms with Gasteiger partial charge in [-0.05, 0) is 61.1 Å². The van der Waals surface area contributed by atoms with Crippen molar-refractivity contribution in [2.75, 3.05) is 6.54 Å². The highest BCUT2D eigenvalue weighted by atomic mass is 32.1. The summed E-state index contributed by atoms with van der Waals surface area (Å²) in [6, 6.07) is 11.2. The van der Waals surface area contributed by atoms with Crippen molar-refractivity contribution in [3.05, 3.63) is 89.5 Å². The average molecular weight is 394 g/mol. The summed E-state index contributed by atoms with van der Waals surface area (Å²) in [5.41, 5.74) is 6.08. The predicted molar refractivity (Wildman–Crippen MR) is 113 cm³/mol. The van der Waals surface area contributed by atoms with E-state index in [4.69, 9.17) is 12.2 Å². The monoisotopic (exact) mass is 394 g/mol. The Hall–Kier alpha value is -3.32. The Balaban J connectivity index is 1.98. The molecule has 28 heavy (non-hydrogen) atoms. The molecule has 0 bridgehead atoms. The minimum Gasteiger partial charge on any atom is -0.358 e. The second kappa shape index (κ2) is 8.58. The number of benzene rings is 1. The van der Waals surface area contributed by atoms with E-state index in [-0.39, 0.29) is 11.6 Å². The van der Waals surface area contributed by atoms with E-state index in [1.54, 1.807) is 12.3 Å². The lowest BCUT2D eigenvalue weighted by Gasteiger charge is -2.04. The molecule has 0 radical (unpaired) electrons. The van der Waals surface area contributed by atoms with Gasteiger partial charge in [0.05, 0.1) is 17.4 Å². The number of nitrogens with one attached hydrogen (secondary N) is 2. The Morgan fingerprint density at radius 3 is 2.75 bits per heavy atom. The van der Waals surface area contributed by atoms with Crippen LogP contribution in [0, 0.1) is 12.7 Å². The molecule has 2 heterocycles. The van der Waals surface area contributed by atoms with Crippen LogP contribution in [0.5, 0.6) is 0 Å². The first-order valence-electron chi connectivity index (χ1n) is 8.60. The first-order chi connectivity index (χ1) is 13.5. The van der Waals surface area contributed by atoms with Gasteiger partial charge in [0, 0.05) is 23.9 Å². The van der Waals surface area contributed by atoms with Crippen molar-refractivity contribution < 1.29 is 9.18 Å². The van der Waals surface area contributed by atoms with Crippen molar-refractivity contribution in [1.82, 2.24) is 15.1 Å². The van der Waals surface area contributed by atoms with Gasteiger partial charge in [0.1, 0.15) is 5.82 Å². The van der Waals surface area contributed by atoms with Crippen molar-refractivity contribution in [2.45, 2.75) is 6.92 Å². The molecule has 7 heteroatoms. The van der Waals surface area contributed by atoms with E-state index in [0.717, 1.165) is 16.6 Å². The number of hydrogen-bond donors (Lipinski definition) is 2. The molecule has 1 aromatic carbocycles. The summed E-state index contributed by atoms with van der Waals surface area (Å²) in [6.07, 6.45) is 5.14. The Morgan fingerprint density at radius 1 is 1.29 bits per heavy atom. The van der Waals surface area contributed by atoms with Gasteiger partial charge in [-0.15, -0.1) is 6.58 Å². The minimum absolute atomic E-state index is 0.186. The van der Waals surface area contributed by atoms with E-state index in [1.165, 1.54) is 24.3 Å². The second-order valence-corrected chi connectivity index (χ2v) is 6.46. The number of hydrogen-bond acceptors (Lipinski definition) is 3. The molecule has 0 aliphatic rings. The Morgan fingerprint density at radius 2 is 2.04 bits per heavy atom. The maximum absolute atomic E-state index is 13.2. The zero-order valence-corrected chi connectivity index (χ0v) is 16.1. The highest BCUT2D eigenvalue weighted by molar-refractivity contribution is 7.80.